The van der Waals surface area contributed by atoms with Gasteiger partial charge in [0.1, 0.15) is 11.5 Å². The zero-order chi connectivity index (χ0) is 20.4. The summed E-state index contributed by atoms with van der Waals surface area (Å²) in [5.74, 6) is 1.72. The van der Waals surface area contributed by atoms with Gasteiger partial charge in [-0.1, -0.05) is 24.3 Å². The van der Waals surface area contributed by atoms with Crippen molar-refractivity contribution in [1.82, 2.24) is 10.6 Å². The Morgan fingerprint density at radius 2 is 1.89 bits per heavy atom. The molecule has 2 aromatic rings. The summed E-state index contributed by atoms with van der Waals surface area (Å²) in [6.45, 7) is 3.27. The number of nitrogens with zero attached hydrogens (tertiary/aromatic N) is 1. The first kappa shape index (κ1) is 21.1. The van der Waals surface area contributed by atoms with E-state index < -0.39 is 5.91 Å². The number of hydrogen-bond acceptors (Lipinski definition) is 4. The Hall–Kier alpha value is -3.22. The number of nitrogens with one attached hydrogen (secondary N) is 2. The van der Waals surface area contributed by atoms with Crippen molar-refractivity contribution in [3.8, 4) is 11.5 Å². The maximum Gasteiger partial charge on any atom is 0.255 e. The predicted molar refractivity (Wildman–Crippen MR) is 111 cm³/mol. The van der Waals surface area contributed by atoms with Crippen molar-refractivity contribution in [2.75, 3.05) is 27.3 Å². The molecule has 0 radical (unpaired) electrons. The molecule has 0 bridgehead atoms. The SMILES string of the molecule is CN=C(NCCc1ccc(OCC(N)=O)cc1)NCc1ccc(C)cc1OC. The number of primary amides is 1. The van der Waals surface area contributed by atoms with E-state index in [-0.39, 0.29) is 6.61 Å². The highest BCUT2D eigenvalue weighted by Gasteiger charge is 2.05. The molecule has 150 valence electrons. The molecule has 7 heteroatoms. The number of aliphatic imine (C=N–C) groups is 1. The fourth-order valence-electron chi connectivity index (χ4n) is 2.63. The molecule has 0 aliphatic rings. The van der Waals surface area contributed by atoms with E-state index >= 15 is 0 Å². The van der Waals surface area contributed by atoms with Gasteiger partial charge in [-0.3, -0.25) is 9.79 Å². The minimum absolute atomic E-state index is 0.116. The Bertz CT molecular complexity index is 804. The molecule has 0 saturated heterocycles. The molecule has 1 amide bonds. The first-order chi connectivity index (χ1) is 13.5. The highest BCUT2D eigenvalue weighted by atomic mass is 16.5. The van der Waals surface area contributed by atoms with E-state index in [4.69, 9.17) is 15.2 Å². The molecular weight excluding hydrogens is 356 g/mol. The van der Waals surface area contributed by atoms with Crippen LogP contribution in [-0.2, 0) is 17.8 Å². The second-order valence-electron chi connectivity index (χ2n) is 6.32. The van der Waals surface area contributed by atoms with Gasteiger partial charge in [0, 0.05) is 25.7 Å². The maximum atomic E-state index is 10.7. The van der Waals surface area contributed by atoms with Crippen LogP contribution in [0.25, 0.3) is 0 Å². The van der Waals surface area contributed by atoms with Crippen LogP contribution in [0.4, 0.5) is 0 Å². The van der Waals surface area contributed by atoms with Crippen molar-refractivity contribution in [2.45, 2.75) is 19.9 Å². The fraction of sp³-hybridized carbons (Fsp3) is 0.333. The number of rotatable bonds is 9. The number of amides is 1. The van der Waals surface area contributed by atoms with E-state index in [9.17, 15) is 4.79 Å². The summed E-state index contributed by atoms with van der Waals surface area (Å²) in [5.41, 5.74) is 8.45. The van der Waals surface area contributed by atoms with Crippen LogP contribution in [-0.4, -0.2) is 39.2 Å². The smallest absolute Gasteiger partial charge is 0.255 e. The third-order valence-electron chi connectivity index (χ3n) is 4.12. The molecule has 0 heterocycles. The van der Waals surface area contributed by atoms with Crippen molar-refractivity contribution in [1.29, 1.82) is 0 Å². The molecule has 0 saturated carbocycles. The number of carbonyl (C=O) groups excluding carboxylic acids is 1. The largest absolute Gasteiger partial charge is 0.496 e. The van der Waals surface area contributed by atoms with Crippen molar-refractivity contribution in [3.63, 3.8) is 0 Å². The third-order valence-corrected chi connectivity index (χ3v) is 4.12. The summed E-state index contributed by atoms with van der Waals surface area (Å²) in [4.78, 5) is 15.0. The van der Waals surface area contributed by atoms with Crippen LogP contribution in [0.15, 0.2) is 47.5 Å². The third kappa shape index (κ3) is 6.83. The topological polar surface area (TPSA) is 98.0 Å². The summed E-state index contributed by atoms with van der Waals surface area (Å²) in [7, 11) is 3.42. The Labute approximate surface area is 165 Å². The number of carbonyl (C=O) groups is 1. The number of guanidine groups is 1. The monoisotopic (exact) mass is 384 g/mol. The quantitative estimate of drug-likeness (QED) is 0.452. The van der Waals surface area contributed by atoms with E-state index in [0.29, 0.717) is 12.3 Å². The van der Waals surface area contributed by atoms with Crippen molar-refractivity contribution < 1.29 is 14.3 Å². The van der Waals surface area contributed by atoms with E-state index in [2.05, 4.69) is 27.8 Å². The van der Waals surface area contributed by atoms with Crippen LogP contribution in [0, 0.1) is 6.92 Å². The lowest BCUT2D eigenvalue weighted by Crippen LogP contribution is -2.37. The first-order valence-electron chi connectivity index (χ1n) is 9.10. The van der Waals surface area contributed by atoms with E-state index in [0.717, 1.165) is 41.4 Å². The molecule has 28 heavy (non-hydrogen) atoms. The van der Waals surface area contributed by atoms with Gasteiger partial charge in [-0.15, -0.1) is 0 Å². The summed E-state index contributed by atoms with van der Waals surface area (Å²) in [6, 6.07) is 13.7. The second-order valence-corrected chi connectivity index (χ2v) is 6.32. The number of nitrogens with two attached hydrogens (primary N) is 1. The van der Waals surface area contributed by atoms with Crippen LogP contribution in [0.2, 0.25) is 0 Å². The number of methoxy groups -OCH3 is 1. The van der Waals surface area contributed by atoms with Gasteiger partial charge in [0.2, 0.25) is 0 Å². The average Bonchev–Trinajstić information content (AvgIpc) is 2.70. The normalized spacial score (nSPS) is 11.0. The zero-order valence-electron chi connectivity index (χ0n) is 16.6. The lowest BCUT2D eigenvalue weighted by molar-refractivity contribution is -0.119. The highest BCUT2D eigenvalue weighted by molar-refractivity contribution is 5.79. The Morgan fingerprint density at radius 1 is 1.14 bits per heavy atom. The van der Waals surface area contributed by atoms with Gasteiger partial charge in [-0.2, -0.15) is 0 Å². The van der Waals surface area contributed by atoms with E-state index in [1.54, 1.807) is 14.2 Å². The van der Waals surface area contributed by atoms with Gasteiger partial charge in [-0.05, 0) is 42.7 Å². The summed E-state index contributed by atoms with van der Waals surface area (Å²) < 4.78 is 10.7. The Balaban J connectivity index is 1.79. The molecule has 0 fully saturated rings. The number of hydrogen-bond donors (Lipinski definition) is 3. The molecule has 0 aliphatic carbocycles. The maximum absolute atomic E-state index is 10.7. The van der Waals surface area contributed by atoms with Gasteiger partial charge in [0.05, 0.1) is 7.11 Å². The van der Waals surface area contributed by atoms with Crippen molar-refractivity contribution in [2.24, 2.45) is 10.7 Å². The van der Waals surface area contributed by atoms with Crippen LogP contribution in [0.5, 0.6) is 11.5 Å². The number of ether oxygens (including phenoxy) is 2. The van der Waals surface area contributed by atoms with Crippen LogP contribution >= 0.6 is 0 Å². The highest BCUT2D eigenvalue weighted by Crippen LogP contribution is 2.19. The number of aryl methyl sites for hydroxylation is 1. The molecule has 0 aliphatic heterocycles. The fourth-order valence-corrected chi connectivity index (χ4v) is 2.63. The van der Waals surface area contributed by atoms with Gasteiger partial charge in [0.25, 0.3) is 5.91 Å². The molecule has 2 aromatic carbocycles. The molecule has 0 unspecified atom stereocenters. The number of benzene rings is 2. The van der Waals surface area contributed by atoms with Gasteiger partial charge in [-0.25, -0.2) is 0 Å². The summed E-state index contributed by atoms with van der Waals surface area (Å²) in [6.07, 6.45) is 0.824. The molecule has 7 nitrogen and oxygen atoms in total. The Morgan fingerprint density at radius 3 is 2.54 bits per heavy atom. The molecule has 0 spiro atoms. The van der Waals surface area contributed by atoms with Crippen LogP contribution < -0.4 is 25.8 Å². The molecular formula is C21H28N4O3. The molecule has 0 atom stereocenters. The van der Waals surface area contributed by atoms with Crippen LogP contribution in [0.3, 0.4) is 0 Å². The molecule has 2 rings (SSSR count). The molecule has 0 aromatic heterocycles. The van der Waals surface area contributed by atoms with E-state index in [1.165, 1.54) is 0 Å². The minimum atomic E-state index is -0.490. The zero-order valence-corrected chi connectivity index (χ0v) is 16.6. The van der Waals surface area contributed by atoms with Crippen molar-refractivity contribution >= 4 is 11.9 Å². The first-order valence-corrected chi connectivity index (χ1v) is 9.10. The summed E-state index contributed by atoms with van der Waals surface area (Å²) >= 11 is 0. The minimum Gasteiger partial charge on any atom is -0.496 e. The standard InChI is InChI=1S/C21H28N4O3/c1-15-4-7-17(19(12-15)27-3)13-25-21(23-2)24-11-10-16-5-8-18(9-6-16)28-14-20(22)26/h4-9,12H,10-11,13-14H2,1-3H3,(H2,22,26)(H2,23,24,25). The predicted octanol–water partition coefficient (Wildman–Crippen LogP) is 1.78. The van der Waals surface area contributed by atoms with Gasteiger partial charge < -0.3 is 25.8 Å². The average molecular weight is 384 g/mol. The van der Waals surface area contributed by atoms with E-state index in [1.807, 2.05) is 37.3 Å². The second kappa shape index (κ2) is 10.8. The van der Waals surface area contributed by atoms with Crippen molar-refractivity contribution in [3.05, 3.63) is 59.2 Å². The lowest BCUT2D eigenvalue weighted by atomic mass is 10.1. The van der Waals surface area contributed by atoms with Gasteiger partial charge in [0.15, 0.2) is 12.6 Å². The van der Waals surface area contributed by atoms with Crippen LogP contribution in [0.1, 0.15) is 16.7 Å². The summed E-state index contributed by atoms with van der Waals surface area (Å²) in [5, 5.41) is 6.60. The van der Waals surface area contributed by atoms with Gasteiger partial charge >= 0.3 is 0 Å². The lowest BCUT2D eigenvalue weighted by Gasteiger charge is -2.14. The molecule has 4 N–H and O–H groups in total. The Kier molecular flexibility index (Phi) is 8.14.